The van der Waals surface area contributed by atoms with E-state index in [0.717, 1.165) is 0 Å². The quantitative estimate of drug-likeness (QED) is 0.182. The first-order valence-electron chi connectivity index (χ1n) is 18.8. The Labute approximate surface area is 302 Å². The minimum absolute atomic E-state index is 0.0378. The monoisotopic (exact) mass is 724 g/mol. The molecule has 0 radical (unpaired) electrons. The molecule has 0 aromatic carbocycles. The molecule has 16 atom stereocenters. The molecule has 51 heavy (non-hydrogen) atoms. The third-order valence-corrected chi connectivity index (χ3v) is 14.0. The van der Waals surface area contributed by atoms with Gasteiger partial charge in [-0.1, -0.05) is 12.8 Å². The van der Waals surface area contributed by atoms with Gasteiger partial charge in [-0.25, -0.2) is 0 Å². The highest BCUT2D eigenvalue weighted by atomic mass is 16.8. The van der Waals surface area contributed by atoms with Crippen LogP contribution in [0.4, 0.5) is 0 Å². The molecule has 7 fully saturated rings. The highest BCUT2D eigenvalue weighted by Crippen LogP contribution is 2.72. The Morgan fingerprint density at radius 1 is 0.902 bits per heavy atom. The van der Waals surface area contributed by atoms with Gasteiger partial charge in [-0.15, -0.1) is 6.42 Å². The molecule has 1 spiro atoms. The number of hydrogen-bond acceptors (Lipinski definition) is 13. The maximum atomic E-state index is 13.2. The third kappa shape index (κ3) is 5.95. The van der Waals surface area contributed by atoms with E-state index in [4.69, 9.17) is 53.8 Å². The minimum Gasteiger partial charge on any atom is -0.389 e. The zero-order chi connectivity index (χ0) is 36.8. The summed E-state index contributed by atoms with van der Waals surface area (Å²) in [4.78, 5) is 0. The predicted octanol–water partition coefficient (Wildman–Crippen LogP) is 2.85. The summed E-state index contributed by atoms with van der Waals surface area (Å²) in [5.41, 5.74) is -4.11. The van der Waals surface area contributed by atoms with E-state index in [2.05, 4.69) is 5.92 Å². The second kappa shape index (κ2) is 13.4. The summed E-state index contributed by atoms with van der Waals surface area (Å²) in [6.45, 7) is 11.8. The second-order valence-corrected chi connectivity index (χ2v) is 17.5. The van der Waals surface area contributed by atoms with E-state index in [1.807, 2.05) is 41.5 Å². The summed E-state index contributed by atoms with van der Waals surface area (Å²) in [7, 11) is 3.15. The first-order valence-corrected chi connectivity index (χ1v) is 18.8. The molecule has 13 nitrogen and oxygen atoms in total. The summed E-state index contributed by atoms with van der Waals surface area (Å²) in [5.74, 6) is -0.205. The normalized spacial score (nSPS) is 51.7. The molecule has 13 heteroatoms. The lowest BCUT2D eigenvalue weighted by atomic mass is 9.40. The predicted molar refractivity (Wildman–Crippen MR) is 180 cm³/mol. The van der Waals surface area contributed by atoms with Crippen LogP contribution in [0.3, 0.4) is 0 Å². The van der Waals surface area contributed by atoms with Gasteiger partial charge in [0.1, 0.15) is 38.0 Å². The molecule has 4 aliphatic carbocycles. The van der Waals surface area contributed by atoms with Gasteiger partial charge in [-0.2, -0.15) is 0 Å². The fourth-order valence-corrected chi connectivity index (χ4v) is 11.9. The summed E-state index contributed by atoms with van der Waals surface area (Å²) < 4.78 is 62.5. The Morgan fingerprint density at radius 2 is 1.61 bits per heavy atom. The highest BCUT2D eigenvalue weighted by Gasteiger charge is 2.77. The summed E-state index contributed by atoms with van der Waals surface area (Å²) in [6, 6.07) is 0. The highest BCUT2D eigenvalue weighted by molar-refractivity contribution is 5.26. The van der Waals surface area contributed by atoms with Crippen molar-refractivity contribution in [1.29, 1.82) is 0 Å². The van der Waals surface area contributed by atoms with Crippen molar-refractivity contribution >= 4 is 0 Å². The maximum absolute atomic E-state index is 13.2. The number of fused-ring (bicyclic) bond motifs is 4. The van der Waals surface area contributed by atoms with Gasteiger partial charge < -0.3 is 62.7 Å². The van der Waals surface area contributed by atoms with Gasteiger partial charge >= 0.3 is 0 Å². The van der Waals surface area contributed by atoms with Crippen LogP contribution in [0.25, 0.3) is 0 Å². The number of terminal acetylenes is 1. The smallest absolute Gasteiger partial charge is 0.187 e. The summed E-state index contributed by atoms with van der Waals surface area (Å²) in [6.07, 6.45) is 3.90. The van der Waals surface area contributed by atoms with E-state index in [1.54, 1.807) is 14.2 Å². The Morgan fingerprint density at radius 3 is 2.31 bits per heavy atom. The lowest BCUT2D eigenvalue weighted by molar-refractivity contribution is -0.410. The van der Waals surface area contributed by atoms with Gasteiger partial charge in [0.25, 0.3) is 0 Å². The summed E-state index contributed by atoms with van der Waals surface area (Å²) in [5, 5.41) is 37.0. The van der Waals surface area contributed by atoms with Crippen LogP contribution in [-0.4, -0.2) is 128 Å². The van der Waals surface area contributed by atoms with Crippen LogP contribution < -0.4 is 0 Å². The van der Waals surface area contributed by atoms with Gasteiger partial charge in [-0.3, -0.25) is 0 Å². The minimum atomic E-state index is -1.30. The molecule has 3 N–H and O–H groups in total. The Kier molecular flexibility index (Phi) is 10.0. The lowest BCUT2D eigenvalue weighted by Gasteiger charge is -2.71. The Balaban J connectivity index is 1.22. The lowest BCUT2D eigenvalue weighted by Crippen LogP contribution is -2.78. The molecule has 290 valence electrons. The zero-order valence-corrected chi connectivity index (χ0v) is 31.5. The largest absolute Gasteiger partial charge is 0.389 e. The molecule has 0 aromatic heterocycles. The molecule has 3 heterocycles. The fourth-order valence-electron chi connectivity index (χ4n) is 11.9. The van der Waals surface area contributed by atoms with E-state index in [9.17, 15) is 15.3 Å². The van der Waals surface area contributed by atoms with E-state index in [-0.39, 0.29) is 44.1 Å². The SMILES string of the molecule is C#CC(O)[C@H]1CC[C@]2(O)C3CC[C@]4(O)C[C@@H](O[C@@H]5O[C@@H](C)[C@H](OCOC)[C@H]6OC(C)(C)O[C@@H]56)C[C@H]5OC(C)(C)OC[C@]54C3[C@H](OCOC)C[C@]12C. The van der Waals surface area contributed by atoms with Crippen molar-refractivity contribution in [2.75, 3.05) is 34.4 Å². The van der Waals surface area contributed by atoms with Crippen LogP contribution in [0.2, 0.25) is 0 Å². The molecule has 7 aliphatic rings. The summed E-state index contributed by atoms with van der Waals surface area (Å²) >= 11 is 0. The van der Waals surface area contributed by atoms with Crippen LogP contribution in [-0.2, 0) is 47.4 Å². The number of aliphatic hydroxyl groups excluding tert-OH is 1. The van der Waals surface area contributed by atoms with Crippen molar-refractivity contribution in [2.45, 2.75) is 164 Å². The zero-order valence-electron chi connectivity index (χ0n) is 31.5. The van der Waals surface area contributed by atoms with Gasteiger partial charge in [0.05, 0.1) is 47.6 Å². The molecular weight excluding hydrogens is 664 g/mol. The average molecular weight is 725 g/mol. The van der Waals surface area contributed by atoms with E-state index in [0.29, 0.717) is 44.9 Å². The number of hydrogen-bond donors (Lipinski definition) is 3. The number of aliphatic hydroxyl groups is 3. The number of methoxy groups -OCH3 is 2. The van der Waals surface area contributed by atoms with Crippen molar-refractivity contribution in [3.63, 3.8) is 0 Å². The fraction of sp³-hybridized carbons (Fsp3) is 0.947. The molecule has 0 bridgehead atoms. The standard InChI is InChI=1S/C38H60O13/c1-10-25(39)23-12-14-38(41)24-11-13-36(40)16-22(48-32-31-30(50-34(5,6)51-31)29(21(2)47-32)45-20-43-9)15-27-37(36,18-46-33(3,4)49-27)28(24)26(44-19-42-8)17-35(23,38)7/h1,21-32,39-41H,11-20H2,2-9H3/t21-,22-,23+,24?,25?,26+,27+,28?,29-,30+,31+,32-,35+,36-,37+,38-/m0/s1. The van der Waals surface area contributed by atoms with Crippen molar-refractivity contribution in [2.24, 2.45) is 28.6 Å². The van der Waals surface area contributed by atoms with Crippen molar-refractivity contribution < 1.29 is 62.7 Å². The van der Waals surface area contributed by atoms with Crippen molar-refractivity contribution in [3.05, 3.63) is 0 Å². The van der Waals surface area contributed by atoms with Crippen molar-refractivity contribution in [1.82, 2.24) is 0 Å². The second-order valence-electron chi connectivity index (χ2n) is 17.5. The molecule has 0 aromatic rings. The molecule has 3 aliphatic heterocycles. The topological polar surface area (TPSA) is 153 Å². The molecule has 4 saturated carbocycles. The molecule has 7 rings (SSSR count). The van der Waals surface area contributed by atoms with Crippen LogP contribution in [0, 0.1) is 40.9 Å². The van der Waals surface area contributed by atoms with E-state index in [1.165, 1.54) is 0 Å². The first-order chi connectivity index (χ1) is 24.0. The van der Waals surface area contributed by atoms with Gasteiger partial charge in [0.2, 0.25) is 0 Å². The number of ether oxygens (including phenoxy) is 10. The first kappa shape index (κ1) is 38.3. The Hall–Kier alpha value is -0.960. The molecule has 0 amide bonds. The van der Waals surface area contributed by atoms with Crippen LogP contribution in [0.5, 0.6) is 0 Å². The van der Waals surface area contributed by atoms with E-state index >= 15 is 0 Å². The van der Waals surface area contributed by atoms with Gasteiger partial charge in [0.15, 0.2) is 17.9 Å². The number of rotatable bonds is 9. The van der Waals surface area contributed by atoms with Gasteiger partial charge in [-0.05, 0) is 72.6 Å². The average Bonchev–Trinajstić information content (AvgIpc) is 3.53. The molecular formula is C38H60O13. The Bertz CT molecular complexity index is 1320. The van der Waals surface area contributed by atoms with E-state index < -0.39 is 82.6 Å². The van der Waals surface area contributed by atoms with Gasteiger partial charge in [0, 0.05) is 44.3 Å². The third-order valence-electron chi connectivity index (χ3n) is 14.0. The maximum Gasteiger partial charge on any atom is 0.187 e. The van der Waals surface area contributed by atoms with Crippen LogP contribution in [0.1, 0.15) is 86.5 Å². The van der Waals surface area contributed by atoms with Crippen molar-refractivity contribution in [3.8, 4) is 12.3 Å². The molecule has 3 saturated heterocycles. The molecule has 3 unspecified atom stereocenters. The van der Waals surface area contributed by atoms with Crippen LogP contribution >= 0.6 is 0 Å². The van der Waals surface area contributed by atoms with Crippen LogP contribution in [0.15, 0.2) is 0 Å².